The van der Waals surface area contributed by atoms with E-state index in [9.17, 15) is 9.59 Å². The lowest BCUT2D eigenvalue weighted by Gasteiger charge is -2.20. The molecule has 0 saturated heterocycles. The van der Waals surface area contributed by atoms with Crippen molar-refractivity contribution in [2.75, 3.05) is 5.75 Å². The van der Waals surface area contributed by atoms with Gasteiger partial charge < -0.3 is 5.32 Å². The van der Waals surface area contributed by atoms with Crippen molar-refractivity contribution in [1.82, 2.24) is 20.2 Å². The second kappa shape index (κ2) is 7.72. The molecule has 0 radical (unpaired) electrons. The van der Waals surface area contributed by atoms with E-state index in [1.165, 1.54) is 11.8 Å². The van der Waals surface area contributed by atoms with Gasteiger partial charge in [0.25, 0.3) is 0 Å². The molecule has 8 heteroatoms. The summed E-state index contributed by atoms with van der Waals surface area (Å²) in [5.41, 5.74) is 0.453. The van der Waals surface area contributed by atoms with E-state index in [1.54, 1.807) is 18.5 Å². The van der Waals surface area contributed by atoms with Crippen LogP contribution in [0.15, 0.2) is 41.8 Å². The number of nitrogens with one attached hydrogen (secondary N) is 2. The van der Waals surface area contributed by atoms with Gasteiger partial charge in [-0.15, -0.1) is 0 Å². The highest BCUT2D eigenvalue weighted by molar-refractivity contribution is 7.99. The number of aromatic nitrogens is 2. The number of carbonyl (C=O) groups excluding carboxylic acids is 2. The van der Waals surface area contributed by atoms with Gasteiger partial charge in [-0.05, 0) is 39.0 Å². The number of hydrogen-bond donors (Lipinski definition) is 2. The van der Waals surface area contributed by atoms with E-state index < -0.39 is 11.6 Å². The van der Waals surface area contributed by atoms with Crippen LogP contribution in [0.5, 0.6) is 0 Å². The zero-order valence-electron chi connectivity index (χ0n) is 13.7. The molecular formula is C16H19ClN4O2S. The second-order valence-corrected chi connectivity index (χ2v) is 7.48. The van der Waals surface area contributed by atoms with Crippen LogP contribution in [0.3, 0.4) is 0 Å². The fourth-order valence-electron chi connectivity index (χ4n) is 1.88. The first-order valence-electron chi connectivity index (χ1n) is 7.29. The summed E-state index contributed by atoms with van der Waals surface area (Å²) >= 11 is 7.24. The Labute approximate surface area is 150 Å². The third kappa shape index (κ3) is 5.58. The zero-order chi connectivity index (χ0) is 17.7. The summed E-state index contributed by atoms with van der Waals surface area (Å²) in [7, 11) is 0. The maximum Gasteiger partial charge on any atom is 0.321 e. The smallest absolute Gasteiger partial charge is 0.321 e. The van der Waals surface area contributed by atoms with Crippen molar-refractivity contribution in [3.05, 3.63) is 41.7 Å². The Morgan fingerprint density at radius 2 is 2.08 bits per heavy atom. The van der Waals surface area contributed by atoms with Crippen LogP contribution >= 0.6 is 23.4 Å². The van der Waals surface area contributed by atoms with Crippen molar-refractivity contribution in [3.63, 3.8) is 0 Å². The highest BCUT2D eigenvalue weighted by Crippen LogP contribution is 2.22. The topological polar surface area (TPSA) is 76.0 Å². The Morgan fingerprint density at radius 3 is 2.75 bits per heavy atom. The van der Waals surface area contributed by atoms with Crippen molar-refractivity contribution in [3.8, 4) is 5.69 Å². The normalized spacial score (nSPS) is 11.2. The van der Waals surface area contributed by atoms with E-state index in [1.807, 2.05) is 43.5 Å². The summed E-state index contributed by atoms with van der Waals surface area (Å²) in [4.78, 5) is 27.8. The SMILES string of the molecule is CC(C)(C)NC(=O)NC(=O)CSc1nccn1-c1cccc(Cl)c1. The molecule has 1 heterocycles. The Hall–Kier alpha value is -1.99. The van der Waals surface area contributed by atoms with E-state index in [0.29, 0.717) is 10.2 Å². The van der Waals surface area contributed by atoms with Crippen LogP contribution in [0.25, 0.3) is 5.69 Å². The first-order chi connectivity index (χ1) is 11.2. The number of benzene rings is 1. The van der Waals surface area contributed by atoms with Gasteiger partial charge in [-0.25, -0.2) is 9.78 Å². The van der Waals surface area contributed by atoms with Crippen molar-refractivity contribution in [2.45, 2.75) is 31.5 Å². The molecule has 0 fully saturated rings. The minimum atomic E-state index is -0.508. The quantitative estimate of drug-likeness (QED) is 0.814. The molecule has 24 heavy (non-hydrogen) atoms. The molecular weight excluding hydrogens is 348 g/mol. The number of carbonyl (C=O) groups is 2. The standard InChI is InChI=1S/C16H19ClN4O2S/c1-16(2,3)20-14(23)19-13(22)10-24-15-18-7-8-21(15)12-6-4-5-11(17)9-12/h4-9H,10H2,1-3H3,(H2,19,20,22,23). The van der Waals surface area contributed by atoms with Crippen molar-refractivity contribution in [1.29, 1.82) is 0 Å². The van der Waals surface area contributed by atoms with Crippen LogP contribution in [0.4, 0.5) is 4.79 Å². The Balaban J connectivity index is 1.95. The van der Waals surface area contributed by atoms with Gasteiger partial charge in [-0.1, -0.05) is 29.4 Å². The molecule has 0 saturated carbocycles. The molecule has 0 unspecified atom stereocenters. The zero-order valence-corrected chi connectivity index (χ0v) is 15.2. The number of imide groups is 1. The molecule has 1 aromatic carbocycles. The van der Waals surface area contributed by atoms with Gasteiger partial charge in [0.05, 0.1) is 5.75 Å². The number of halogens is 1. The van der Waals surface area contributed by atoms with Gasteiger partial charge in [0.1, 0.15) is 0 Å². The maximum atomic E-state index is 11.9. The number of imidazole rings is 1. The predicted molar refractivity (Wildman–Crippen MR) is 95.7 cm³/mol. The summed E-state index contributed by atoms with van der Waals surface area (Å²) in [5, 5.41) is 6.23. The molecule has 2 rings (SSSR count). The molecule has 128 valence electrons. The largest absolute Gasteiger partial charge is 0.333 e. The van der Waals surface area contributed by atoms with Gasteiger partial charge >= 0.3 is 6.03 Å². The van der Waals surface area contributed by atoms with Gasteiger partial charge in [-0.2, -0.15) is 0 Å². The number of hydrogen-bond acceptors (Lipinski definition) is 4. The predicted octanol–water partition coefficient (Wildman–Crippen LogP) is 3.24. The van der Waals surface area contributed by atoms with E-state index in [2.05, 4.69) is 15.6 Å². The van der Waals surface area contributed by atoms with E-state index >= 15 is 0 Å². The average Bonchev–Trinajstić information content (AvgIpc) is 2.91. The molecule has 6 nitrogen and oxygen atoms in total. The van der Waals surface area contributed by atoms with E-state index in [-0.39, 0.29) is 11.7 Å². The van der Waals surface area contributed by atoms with Crippen molar-refractivity contribution in [2.24, 2.45) is 0 Å². The van der Waals surface area contributed by atoms with Gasteiger partial charge in [-0.3, -0.25) is 14.7 Å². The summed E-state index contributed by atoms with van der Waals surface area (Å²) in [6.45, 7) is 5.52. The van der Waals surface area contributed by atoms with Crippen LogP contribution in [0.2, 0.25) is 5.02 Å². The minimum absolute atomic E-state index is 0.0785. The Bertz CT molecular complexity index is 740. The first-order valence-corrected chi connectivity index (χ1v) is 8.65. The Morgan fingerprint density at radius 1 is 1.33 bits per heavy atom. The molecule has 0 bridgehead atoms. The summed E-state index contributed by atoms with van der Waals surface area (Å²) < 4.78 is 1.83. The van der Waals surface area contributed by atoms with Crippen LogP contribution < -0.4 is 10.6 Å². The number of amides is 3. The number of rotatable bonds is 4. The highest BCUT2D eigenvalue weighted by Gasteiger charge is 2.16. The molecule has 1 aromatic heterocycles. The molecule has 3 amide bonds. The number of nitrogens with zero attached hydrogens (tertiary/aromatic N) is 2. The third-order valence-electron chi connectivity index (χ3n) is 2.77. The summed E-state index contributed by atoms with van der Waals surface area (Å²) in [6.07, 6.45) is 3.44. The molecule has 2 aromatic rings. The lowest BCUT2D eigenvalue weighted by molar-refractivity contribution is -0.117. The van der Waals surface area contributed by atoms with E-state index in [0.717, 1.165) is 5.69 Å². The van der Waals surface area contributed by atoms with Crippen LogP contribution in [0, 0.1) is 0 Å². The molecule has 0 aliphatic rings. The molecule has 0 spiro atoms. The average molecular weight is 367 g/mol. The van der Waals surface area contributed by atoms with Crippen LogP contribution in [0.1, 0.15) is 20.8 Å². The number of urea groups is 1. The molecule has 0 aliphatic heterocycles. The van der Waals surface area contributed by atoms with Crippen LogP contribution in [-0.2, 0) is 4.79 Å². The molecule has 0 aliphatic carbocycles. The summed E-state index contributed by atoms with van der Waals surface area (Å²) in [5.74, 6) is -0.308. The first kappa shape index (κ1) is 18.4. The Kier molecular flexibility index (Phi) is 5.90. The number of thioether (sulfide) groups is 1. The van der Waals surface area contributed by atoms with E-state index in [4.69, 9.17) is 11.6 Å². The molecule has 2 N–H and O–H groups in total. The monoisotopic (exact) mass is 366 g/mol. The lowest BCUT2D eigenvalue weighted by atomic mass is 10.1. The minimum Gasteiger partial charge on any atom is -0.333 e. The fourth-order valence-corrected chi connectivity index (χ4v) is 2.84. The highest BCUT2D eigenvalue weighted by atomic mass is 35.5. The molecule has 0 atom stereocenters. The van der Waals surface area contributed by atoms with Crippen molar-refractivity contribution < 1.29 is 9.59 Å². The van der Waals surface area contributed by atoms with Gasteiger partial charge in [0.2, 0.25) is 5.91 Å². The second-order valence-electron chi connectivity index (χ2n) is 6.10. The van der Waals surface area contributed by atoms with Gasteiger partial charge in [0.15, 0.2) is 5.16 Å². The van der Waals surface area contributed by atoms with Crippen molar-refractivity contribution >= 4 is 35.3 Å². The van der Waals surface area contributed by atoms with Gasteiger partial charge in [0, 0.05) is 28.6 Å². The third-order valence-corrected chi connectivity index (χ3v) is 3.97. The van der Waals surface area contributed by atoms with Crippen LogP contribution in [-0.4, -0.2) is 32.8 Å². The lowest BCUT2D eigenvalue weighted by Crippen LogP contribution is -2.48. The summed E-state index contributed by atoms with van der Waals surface area (Å²) in [6, 6.07) is 6.83. The maximum absolute atomic E-state index is 11.9. The fraction of sp³-hybridized carbons (Fsp3) is 0.312.